The lowest BCUT2D eigenvalue weighted by atomic mass is 9.82. The van der Waals surface area contributed by atoms with Crippen LogP contribution >= 0.6 is 0 Å². The number of nitrogens with zero attached hydrogens (tertiary/aromatic N) is 2. The molecule has 7 nitrogen and oxygen atoms in total. The summed E-state index contributed by atoms with van der Waals surface area (Å²) in [5, 5.41) is 2.85. The summed E-state index contributed by atoms with van der Waals surface area (Å²) < 4.78 is 12.7. The fourth-order valence-corrected chi connectivity index (χ4v) is 5.35. The number of aromatic nitrogens is 1. The summed E-state index contributed by atoms with van der Waals surface area (Å²) in [6.45, 7) is 4.88. The van der Waals surface area contributed by atoms with Crippen LogP contribution in [0.1, 0.15) is 47.0 Å². The molecule has 0 aromatic carbocycles. The van der Waals surface area contributed by atoms with Crippen molar-refractivity contribution in [1.82, 2.24) is 14.8 Å². The van der Waals surface area contributed by atoms with Gasteiger partial charge in [-0.2, -0.15) is 0 Å². The predicted octanol–water partition coefficient (Wildman–Crippen LogP) is 2.01. The largest absolute Gasteiger partial charge is 0.469 e. The van der Waals surface area contributed by atoms with Gasteiger partial charge in [0.2, 0.25) is 0 Å². The molecule has 2 atom stereocenters. The third-order valence-corrected chi connectivity index (χ3v) is 6.82. The van der Waals surface area contributed by atoms with E-state index in [2.05, 4.69) is 10.2 Å². The molecule has 2 aromatic heterocycles. The molecule has 2 aromatic rings. The molecule has 0 saturated carbocycles. The van der Waals surface area contributed by atoms with Crippen LogP contribution in [0.15, 0.2) is 39.7 Å². The number of carbonyl (C=O) groups excluding carboxylic acids is 1. The zero-order chi connectivity index (χ0) is 20.5. The topological polar surface area (TPSA) is 76.7 Å². The highest BCUT2D eigenvalue weighted by atomic mass is 16.5. The first-order valence-electron chi connectivity index (χ1n) is 11.0. The van der Waals surface area contributed by atoms with Crippen LogP contribution in [0, 0.1) is 5.92 Å². The van der Waals surface area contributed by atoms with Crippen LogP contribution < -0.4 is 10.9 Å². The first kappa shape index (κ1) is 19.6. The molecule has 2 fully saturated rings. The van der Waals surface area contributed by atoms with Gasteiger partial charge in [-0.15, -0.1) is 0 Å². The minimum absolute atomic E-state index is 0.155. The van der Waals surface area contributed by atoms with Gasteiger partial charge in [0, 0.05) is 63.5 Å². The molecule has 5 heterocycles. The second kappa shape index (κ2) is 8.40. The summed E-state index contributed by atoms with van der Waals surface area (Å²) in [5.41, 5.74) is 1.16. The number of furan rings is 1. The van der Waals surface area contributed by atoms with E-state index in [4.69, 9.17) is 9.15 Å². The number of carbonyl (C=O) groups is 1. The van der Waals surface area contributed by atoms with E-state index in [9.17, 15) is 9.59 Å². The summed E-state index contributed by atoms with van der Waals surface area (Å²) >= 11 is 0. The van der Waals surface area contributed by atoms with E-state index in [-0.39, 0.29) is 17.0 Å². The molecule has 2 saturated heterocycles. The maximum Gasteiger partial charge on any atom is 0.263 e. The minimum atomic E-state index is -0.304. The van der Waals surface area contributed by atoms with Gasteiger partial charge < -0.3 is 19.0 Å². The highest BCUT2D eigenvalue weighted by Crippen LogP contribution is 2.37. The zero-order valence-corrected chi connectivity index (χ0v) is 17.2. The van der Waals surface area contributed by atoms with Crippen LogP contribution in [0.2, 0.25) is 0 Å². The van der Waals surface area contributed by atoms with Gasteiger partial charge in [-0.1, -0.05) is 0 Å². The maximum atomic E-state index is 13.1. The Morgan fingerprint density at radius 2 is 2.00 bits per heavy atom. The quantitative estimate of drug-likeness (QED) is 0.815. The van der Waals surface area contributed by atoms with E-state index in [1.54, 1.807) is 12.3 Å². The highest BCUT2D eigenvalue weighted by molar-refractivity contribution is 5.93. The first-order valence-corrected chi connectivity index (χ1v) is 11.0. The fraction of sp³-hybridized carbons (Fsp3) is 0.565. The molecule has 1 N–H and O–H groups in total. The molecule has 0 aliphatic carbocycles. The molecule has 3 aliphatic heterocycles. The predicted molar refractivity (Wildman–Crippen MR) is 112 cm³/mol. The molecule has 30 heavy (non-hydrogen) atoms. The van der Waals surface area contributed by atoms with Gasteiger partial charge in [-0.05, 0) is 49.4 Å². The summed E-state index contributed by atoms with van der Waals surface area (Å²) in [5.74, 6) is 1.35. The fourth-order valence-electron chi connectivity index (χ4n) is 5.35. The Balaban J connectivity index is 1.29. The first-order chi connectivity index (χ1) is 14.7. The molecule has 7 heteroatoms. The Labute approximate surface area is 176 Å². The molecule has 160 valence electrons. The number of ether oxygens (including phenoxy) is 1. The van der Waals surface area contributed by atoms with Crippen LogP contribution in [0.4, 0.5) is 0 Å². The number of piperidine rings is 1. The smallest absolute Gasteiger partial charge is 0.263 e. The van der Waals surface area contributed by atoms with Gasteiger partial charge in [-0.25, -0.2) is 0 Å². The minimum Gasteiger partial charge on any atom is -0.469 e. The Bertz CT molecular complexity index is 946. The molecule has 1 amide bonds. The van der Waals surface area contributed by atoms with Gasteiger partial charge in [0.15, 0.2) is 0 Å². The van der Waals surface area contributed by atoms with Crippen molar-refractivity contribution in [3.8, 4) is 0 Å². The third-order valence-electron chi connectivity index (χ3n) is 6.82. The zero-order valence-electron chi connectivity index (χ0n) is 17.2. The van der Waals surface area contributed by atoms with Crippen LogP contribution in [-0.2, 0) is 17.7 Å². The van der Waals surface area contributed by atoms with Crippen molar-refractivity contribution in [2.75, 3.05) is 32.8 Å². The Morgan fingerprint density at radius 1 is 1.13 bits per heavy atom. The molecular weight excluding hydrogens is 382 g/mol. The summed E-state index contributed by atoms with van der Waals surface area (Å²) in [6, 6.07) is 8.01. The number of fused-ring (bicyclic) bond motifs is 4. The van der Waals surface area contributed by atoms with Crippen molar-refractivity contribution in [3.05, 3.63) is 57.9 Å². The van der Waals surface area contributed by atoms with Crippen molar-refractivity contribution in [3.63, 3.8) is 0 Å². The van der Waals surface area contributed by atoms with Crippen LogP contribution in [-0.4, -0.2) is 54.3 Å². The van der Waals surface area contributed by atoms with Gasteiger partial charge in [0.05, 0.1) is 6.26 Å². The highest BCUT2D eigenvalue weighted by Gasteiger charge is 2.37. The van der Waals surface area contributed by atoms with Gasteiger partial charge in [0.1, 0.15) is 11.3 Å². The lowest BCUT2D eigenvalue weighted by Crippen LogP contribution is -2.52. The van der Waals surface area contributed by atoms with E-state index < -0.39 is 0 Å². The standard InChI is InChI=1S/C23H29N3O4/c27-22(24-8-5-19-2-1-9-30-19)20-3-4-21-17-12-16(14-26(21)23(20)28)13-25(15-17)18-6-10-29-11-7-18/h1-4,9,16-18H,5-8,10-15H2,(H,24,27)/t16-,17+/m0/s1. The van der Waals surface area contributed by atoms with Crippen LogP contribution in [0.5, 0.6) is 0 Å². The Morgan fingerprint density at radius 3 is 2.80 bits per heavy atom. The summed E-state index contributed by atoms with van der Waals surface area (Å²) in [4.78, 5) is 28.3. The SMILES string of the molecule is O=C(NCCc1ccco1)c1ccc2n(c1=O)C[C@H]1C[C@@H]2CN(C2CCOCC2)C1. The second-order valence-electron chi connectivity index (χ2n) is 8.77. The molecule has 3 aliphatic rings. The Kier molecular flexibility index (Phi) is 5.48. The Hall–Kier alpha value is -2.38. The van der Waals surface area contributed by atoms with E-state index in [1.165, 1.54) is 0 Å². The lowest BCUT2D eigenvalue weighted by Gasteiger charge is -2.46. The maximum absolute atomic E-state index is 13.1. The molecule has 5 rings (SSSR count). The number of pyridine rings is 1. The molecule has 2 bridgehead atoms. The van der Waals surface area contributed by atoms with E-state index in [1.807, 2.05) is 22.8 Å². The number of nitrogens with one attached hydrogen (secondary N) is 1. The third kappa shape index (κ3) is 3.84. The molecule has 0 radical (unpaired) electrons. The van der Waals surface area contributed by atoms with E-state index in [0.29, 0.717) is 37.4 Å². The van der Waals surface area contributed by atoms with Crippen molar-refractivity contribution in [2.45, 2.75) is 44.2 Å². The van der Waals surface area contributed by atoms with Gasteiger partial charge >= 0.3 is 0 Å². The number of rotatable bonds is 5. The van der Waals surface area contributed by atoms with Gasteiger partial charge in [0.25, 0.3) is 11.5 Å². The van der Waals surface area contributed by atoms with Crippen LogP contribution in [0.25, 0.3) is 0 Å². The number of likely N-dealkylation sites (tertiary alicyclic amines) is 1. The molecule has 0 spiro atoms. The van der Waals surface area contributed by atoms with Crippen LogP contribution in [0.3, 0.4) is 0 Å². The molecule has 0 unspecified atom stereocenters. The lowest BCUT2D eigenvalue weighted by molar-refractivity contribution is 0.00585. The van der Waals surface area contributed by atoms with E-state index >= 15 is 0 Å². The second-order valence-corrected chi connectivity index (χ2v) is 8.77. The summed E-state index contributed by atoms with van der Waals surface area (Å²) in [6.07, 6.45) is 5.56. The van der Waals surface area contributed by atoms with Crippen molar-refractivity contribution in [1.29, 1.82) is 0 Å². The monoisotopic (exact) mass is 411 g/mol. The normalized spacial score (nSPS) is 24.4. The van der Waals surface area contributed by atoms with Crippen molar-refractivity contribution < 1.29 is 13.9 Å². The number of hydrogen-bond donors (Lipinski definition) is 1. The van der Waals surface area contributed by atoms with E-state index in [0.717, 1.165) is 57.0 Å². The van der Waals surface area contributed by atoms with Gasteiger partial charge in [-0.3, -0.25) is 14.5 Å². The number of hydrogen-bond acceptors (Lipinski definition) is 5. The average molecular weight is 412 g/mol. The summed E-state index contributed by atoms with van der Waals surface area (Å²) in [7, 11) is 0. The molecular formula is C23H29N3O4. The van der Waals surface area contributed by atoms with Crippen molar-refractivity contribution >= 4 is 5.91 Å². The van der Waals surface area contributed by atoms with Crippen molar-refractivity contribution in [2.24, 2.45) is 5.92 Å². The average Bonchev–Trinajstić information content (AvgIpc) is 3.28. The number of amides is 1.